The molecular weight excluding hydrogens is 209 g/mol. The number of carbonyl (C=O) groups excluding carboxylic acids is 1. The van der Waals surface area contributed by atoms with E-state index in [1.54, 1.807) is 6.92 Å². The average Bonchev–Trinajstić information content (AvgIpc) is 2.20. The maximum absolute atomic E-state index is 13.1. The molecule has 0 aliphatic heterocycles. The second-order valence-corrected chi connectivity index (χ2v) is 2.74. The number of benzene rings is 1. The fourth-order valence-electron chi connectivity index (χ4n) is 1.05. The van der Waals surface area contributed by atoms with Crippen molar-refractivity contribution in [3.63, 3.8) is 0 Å². The fourth-order valence-corrected chi connectivity index (χ4v) is 1.05. The largest absolute Gasteiger partial charge is 0.491 e. The van der Waals surface area contributed by atoms with Crippen molar-refractivity contribution in [1.82, 2.24) is 0 Å². The van der Waals surface area contributed by atoms with Crippen molar-refractivity contribution in [2.24, 2.45) is 0 Å². The second kappa shape index (κ2) is 4.82. The van der Waals surface area contributed by atoms with Crippen LogP contribution in [0.25, 0.3) is 0 Å². The molecule has 1 rings (SSSR count). The van der Waals surface area contributed by atoms with Crippen LogP contribution >= 0.6 is 0 Å². The van der Waals surface area contributed by atoms with Gasteiger partial charge in [-0.2, -0.15) is 0 Å². The van der Waals surface area contributed by atoms with Gasteiger partial charge in [-0.05, 0) is 25.1 Å². The Morgan fingerprint density at radius 1 is 1.47 bits per heavy atom. The van der Waals surface area contributed by atoms with Gasteiger partial charge in [-0.1, -0.05) is 0 Å². The molecule has 5 heteroatoms. The van der Waals surface area contributed by atoms with Crippen LogP contribution in [0.15, 0.2) is 18.2 Å². The van der Waals surface area contributed by atoms with E-state index in [1.807, 2.05) is 0 Å². The van der Waals surface area contributed by atoms with E-state index in [-0.39, 0.29) is 17.9 Å². The van der Waals surface area contributed by atoms with Crippen molar-refractivity contribution in [3.05, 3.63) is 29.6 Å². The van der Waals surface area contributed by atoms with Crippen molar-refractivity contribution >= 4 is 5.78 Å². The van der Waals surface area contributed by atoms with Crippen LogP contribution in [0.5, 0.6) is 5.75 Å². The summed E-state index contributed by atoms with van der Waals surface area (Å²) in [6, 6.07) is 3.02. The lowest BCUT2D eigenvalue weighted by atomic mass is 10.1. The molecule has 0 saturated heterocycles. The highest BCUT2D eigenvalue weighted by atomic mass is 19.3. The topological polar surface area (TPSA) is 26.3 Å². The summed E-state index contributed by atoms with van der Waals surface area (Å²) < 4.78 is 42.0. The maximum atomic E-state index is 13.1. The third-order valence-corrected chi connectivity index (χ3v) is 1.71. The Morgan fingerprint density at radius 3 is 2.60 bits per heavy atom. The summed E-state index contributed by atoms with van der Waals surface area (Å²) in [5.74, 6) is -2.26. The zero-order valence-corrected chi connectivity index (χ0v) is 7.97. The molecule has 2 nitrogen and oxygen atoms in total. The lowest BCUT2D eigenvalue weighted by Crippen LogP contribution is -2.10. The van der Waals surface area contributed by atoms with Crippen LogP contribution in [0.4, 0.5) is 13.2 Å². The summed E-state index contributed by atoms with van der Waals surface area (Å²) in [6.45, 7) is 1.93. The van der Waals surface area contributed by atoms with E-state index in [2.05, 4.69) is 0 Å². The number of hydrogen-bond donors (Lipinski definition) is 0. The Balaban J connectivity index is 2.96. The van der Waals surface area contributed by atoms with Gasteiger partial charge in [0.2, 0.25) is 5.78 Å². The van der Waals surface area contributed by atoms with Crippen LogP contribution < -0.4 is 4.74 Å². The van der Waals surface area contributed by atoms with Gasteiger partial charge in [0.25, 0.3) is 0 Å². The smallest absolute Gasteiger partial charge is 0.300 e. The normalized spacial score (nSPS) is 10.5. The predicted octanol–water partition coefficient (Wildman–Crippen LogP) is 2.67. The Kier molecular flexibility index (Phi) is 3.71. The summed E-state index contributed by atoms with van der Waals surface area (Å²) >= 11 is 0. The molecule has 0 N–H and O–H groups in total. The highest BCUT2D eigenvalue weighted by Gasteiger charge is 2.19. The minimum atomic E-state index is -3.12. The van der Waals surface area contributed by atoms with Gasteiger partial charge in [-0.25, -0.2) is 13.2 Å². The molecule has 82 valence electrons. The van der Waals surface area contributed by atoms with Gasteiger partial charge in [0.1, 0.15) is 0 Å². The van der Waals surface area contributed by atoms with E-state index in [4.69, 9.17) is 4.74 Å². The van der Waals surface area contributed by atoms with Crippen LogP contribution in [0.1, 0.15) is 17.3 Å². The molecule has 15 heavy (non-hydrogen) atoms. The highest BCUT2D eigenvalue weighted by molar-refractivity contribution is 5.98. The number of ketones is 1. The van der Waals surface area contributed by atoms with E-state index in [9.17, 15) is 18.0 Å². The van der Waals surface area contributed by atoms with Crippen molar-refractivity contribution < 1.29 is 22.7 Å². The van der Waals surface area contributed by atoms with Crippen molar-refractivity contribution in [2.75, 3.05) is 6.61 Å². The molecule has 0 radical (unpaired) electrons. The lowest BCUT2D eigenvalue weighted by molar-refractivity contribution is 0.0678. The molecule has 0 atom stereocenters. The first kappa shape index (κ1) is 11.6. The van der Waals surface area contributed by atoms with Crippen LogP contribution in [-0.2, 0) is 0 Å². The second-order valence-electron chi connectivity index (χ2n) is 2.74. The summed E-state index contributed by atoms with van der Waals surface area (Å²) in [7, 11) is 0. The minimum Gasteiger partial charge on any atom is -0.491 e. The molecular formula is C10H9F3O2. The van der Waals surface area contributed by atoms with Gasteiger partial charge >= 0.3 is 6.43 Å². The molecule has 0 spiro atoms. The van der Waals surface area contributed by atoms with E-state index >= 15 is 0 Å². The number of Topliss-reactive ketones (excluding diaryl/α,β-unsaturated/α-hetero) is 1. The van der Waals surface area contributed by atoms with Gasteiger partial charge < -0.3 is 4.74 Å². The monoisotopic (exact) mass is 218 g/mol. The molecule has 1 aromatic carbocycles. The van der Waals surface area contributed by atoms with E-state index in [0.29, 0.717) is 0 Å². The van der Waals surface area contributed by atoms with Crippen molar-refractivity contribution in [2.45, 2.75) is 13.3 Å². The Labute approximate surface area is 84.7 Å². The molecule has 0 saturated carbocycles. The van der Waals surface area contributed by atoms with E-state index in [1.165, 1.54) is 0 Å². The van der Waals surface area contributed by atoms with Crippen LogP contribution in [0.2, 0.25) is 0 Å². The number of hydrogen-bond acceptors (Lipinski definition) is 2. The van der Waals surface area contributed by atoms with Crippen LogP contribution in [-0.4, -0.2) is 18.8 Å². The van der Waals surface area contributed by atoms with Gasteiger partial charge in [0.15, 0.2) is 11.6 Å². The Hall–Kier alpha value is -1.52. The third-order valence-electron chi connectivity index (χ3n) is 1.71. The van der Waals surface area contributed by atoms with Crippen LogP contribution in [0, 0.1) is 5.82 Å². The third kappa shape index (κ3) is 2.71. The Morgan fingerprint density at radius 2 is 2.13 bits per heavy atom. The summed E-state index contributed by atoms with van der Waals surface area (Å²) in [6.07, 6.45) is -3.12. The first-order valence-electron chi connectivity index (χ1n) is 4.31. The number of alkyl halides is 2. The fraction of sp³-hybridized carbons (Fsp3) is 0.300. The highest BCUT2D eigenvalue weighted by Crippen LogP contribution is 2.19. The molecule has 0 fully saturated rings. The molecule has 1 aromatic rings. The number of halogens is 3. The van der Waals surface area contributed by atoms with Crippen molar-refractivity contribution in [1.29, 1.82) is 0 Å². The molecule has 0 unspecified atom stereocenters. The predicted molar refractivity (Wildman–Crippen MR) is 47.9 cm³/mol. The van der Waals surface area contributed by atoms with E-state index < -0.39 is 18.0 Å². The average molecular weight is 218 g/mol. The molecule has 0 bridgehead atoms. The summed E-state index contributed by atoms with van der Waals surface area (Å²) in [4.78, 5) is 10.8. The number of rotatable bonds is 4. The summed E-state index contributed by atoms with van der Waals surface area (Å²) in [5.41, 5.74) is -0.356. The molecule has 0 heterocycles. The van der Waals surface area contributed by atoms with Gasteiger partial charge in [0.05, 0.1) is 6.61 Å². The number of carbonyl (C=O) groups is 1. The van der Waals surface area contributed by atoms with Gasteiger partial charge in [-0.15, -0.1) is 0 Å². The minimum absolute atomic E-state index is 0.0525. The standard InChI is InChI=1S/C10H9F3O2/c1-2-15-8-4-3-6(5-7(8)11)9(14)10(12)13/h3-5,10H,2H2,1H3. The quantitative estimate of drug-likeness (QED) is 0.726. The van der Waals surface area contributed by atoms with E-state index in [0.717, 1.165) is 18.2 Å². The first-order chi connectivity index (χ1) is 7.06. The van der Waals surface area contributed by atoms with Crippen molar-refractivity contribution in [3.8, 4) is 5.75 Å². The Bertz CT molecular complexity index is 364. The molecule has 0 aliphatic carbocycles. The lowest BCUT2D eigenvalue weighted by Gasteiger charge is -2.05. The SMILES string of the molecule is CCOc1ccc(C(=O)C(F)F)cc1F. The molecule has 0 amide bonds. The zero-order chi connectivity index (χ0) is 11.4. The zero-order valence-electron chi connectivity index (χ0n) is 7.97. The molecule has 0 aliphatic rings. The number of ether oxygens (including phenoxy) is 1. The van der Waals surface area contributed by atoms with Gasteiger partial charge in [-0.3, -0.25) is 4.79 Å². The van der Waals surface area contributed by atoms with Gasteiger partial charge in [0, 0.05) is 5.56 Å². The maximum Gasteiger partial charge on any atom is 0.300 e. The summed E-state index contributed by atoms with van der Waals surface area (Å²) in [5, 5.41) is 0. The van der Waals surface area contributed by atoms with Crippen LogP contribution in [0.3, 0.4) is 0 Å². The first-order valence-corrected chi connectivity index (χ1v) is 4.31. The molecule has 0 aromatic heterocycles.